The zero-order chi connectivity index (χ0) is 18.2. The van der Waals surface area contributed by atoms with Gasteiger partial charge in [0.15, 0.2) is 5.69 Å². The number of ether oxygens (including phenoxy) is 2. The van der Waals surface area contributed by atoms with Gasteiger partial charge in [-0.2, -0.15) is 0 Å². The summed E-state index contributed by atoms with van der Waals surface area (Å²) in [6.07, 6.45) is 0. The number of esters is 1. The van der Waals surface area contributed by atoms with Gasteiger partial charge in [-0.1, -0.05) is 12.1 Å². The van der Waals surface area contributed by atoms with Gasteiger partial charge >= 0.3 is 12.0 Å². The monoisotopic (exact) mass is 363 g/mol. The number of methoxy groups -OCH3 is 2. The van der Waals surface area contributed by atoms with Crippen molar-refractivity contribution in [3.05, 3.63) is 45.9 Å². The molecule has 1 heterocycles. The van der Waals surface area contributed by atoms with Crippen LogP contribution in [0.15, 0.2) is 29.6 Å². The van der Waals surface area contributed by atoms with E-state index in [1.54, 1.807) is 17.4 Å². The molecule has 1 aromatic carbocycles. The topological polar surface area (TPSA) is 80.8 Å². The van der Waals surface area contributed by atoms with Crippen molar-refractivity contribution in [2.75, 3.05) is 32.7 Å². The van der Waals surface area contributed by atoms with Crippen LogP contribution in [0.1, 0.15) is 21.1 Å². The van der Waals surface area contributed by atoms with Crippen molar-refractivity contribution in [3.63, 3.8) is 0 Å². The molecule has 2 rings (SSSR count). The number of nitrogens with zero attached hydrogens (tertiary/aromatic N) is 2. The number of urea groups is 1. The van der Waals surface area contributed by atoms with Crippen molar-refractivity contribution in [2.45, 2.75) is 13.5 Å². The third-order valence-corrected chi connectivity index (χ3v) is 4.23. The number of aromatic nitrogens is 1. The number of amides is 2. The van der Waals surface area contributed by atoms with E-state index in [0.717, 1.165) is 11.3 Å². The van der Waals surface area contributed by atoms with E-state index in [4.69, 9.17) is 4.74 Å². The summed E-state index contributed by atoms with van der Waals surface area (Å²) in [4.78, 5) is 29.9. The van der Waals surface area contributed by atoms with E-state index in [-0.39, 0.29) is 18.3 Å². The van der Waals surface area contributed by atoms with Crippen molar-refractivity contribution in [1.82, 2.24) is 9.88 Å². The highest BCUT2D eigenvalue weighted by molar-refractivity contribution is 7.09. The highest BCUT2D eigenvalue weighted by atomic mass is 32.1. The minimum Gasteiger partial charge on any atom is -0.464 e. The fourth-order valence-electron chi connectivity index (χ4n) is 2.12. The molecule has 0 aliphatic heterocycles. The molecule has 0 spiro atoms. The van der Waals surface area contributed by atoms with E-state index < -0.39 is 5.97 Å². The summed E-state index contributed by atoms with van der Waals surface area (Å²) in [7, 11) is 2.89. The van der Waals surface area contributed by atoms with E-state index >= 15 is 0 Å². The maximum atomic E-state index is 12.6. The van der Waals surface area contributed by atoms with Gasteiger partial charge in [0.25, 0.3) is 0 Å². The van der Waals surface area contributed by atoms with Crippen LogP contribution in [-0.2, 0) is 16.0 Å². The number of anilines is 1. The second-order valence-electron chi connectivity index (χ2n) is 5.33. The molecule has 25 heavy (non-hydrogen) atoms. The Morgan fingerprint density at radius 3 is 2.80 bits per heavy atom. The molecule has 0 saturated heterocycles. The highest BCUT2D eigenvalue weighted by Gasteiger charge is 2.18. The minimum atomic E-state index is -0.491. The summed E-state index contributed by atoms with van der Waals surface area (Å²) in [5.74, 6) is -0.491. The Kier molecular flexibility index (Phi) is 6.91. The number of hydrogen-bond donors (Lipinski definition) is 1. The first-order valence-electron chi connectivity index (χ1n) is 7.67. The zero-order valence-corrected chi connectivity index (χ0v) is 15.3. The van der Waals surface area contributed by atoms with Crippen LogP contribution in [0.4, 0.5) is 10.5 Å². The highest BCUT2D eigenvalue weighted by Crippen LogP contribution is 2.15. The molecular weight excluding hydrogens is 342 g/mol. The van der Waals surface area contributed by atoms with Crippen molar-refractivity contribution < 1.29 is 19.1 Å². The van der Waals surface area contributed by atoms with Gasteiger partial charge in [0.1, 0.15) is 5.01 Å². The minimum absolute atomic E-state index is 0.244. The van der Waals surface area contributed by atoms with Crippen LogP contribution in [-0.4, -0.2) is 49.3 Å². The average Bonchev–Trinajstić information content (AvgIpc) is 3.06. The van der Waals surface area contributed by atoms with Crippen LogP contribution >= 0.6 is 11.3 Å². The van der Waals surface area contributed by atoms with E-state index in [9.17, 15) is 9.59 Å². The lowest BCUT2D eigenvalue weighted by Gasteiger charge is -2.22. The Balaban J connectivity index is 2.08. The second kappa shape index (κ2) is 9.14. The third kappa shape index (κ3) is 5.54. The van der Waals surface area contributed by atoms with Gasteiger partial charge < -0.3 is 19.7 Å². The Bertz CT molecular complexity index is 732. The molecule has 0 fully saturated rings. The fourth-order valence-corrected chi connectivity index (χ4v) is 2.90. The lowest BCUT2D eigenvalue weighted by Crippen LogP contribution is -2.36. The van der Waals surface area contributed by atoms with Crippen LogP contribution in [0, 0.1) is 6.92 Å². The number of thiazole rings is 1. The van der Waals surface area contributed by atoms with E-state index in [1.165, 1.54) is 18.4 Å². The lowest BCUT2D eigenvalue weighted by atomic mass is 10.2. The van der Waals surface area contributed by atoms with Crippen molar-refractivity contribution in [1.29, 1.82) is 0 Å². The number of rotatable bonds is 7. The second-order valence-corrected chi connectivity index (χ2v) is 6.27. The van der Waals surface area contributed by atoms with Crippen LogP contribution in [0.2, 0.25) is 0 Å². The molecule has 1 aromatic heterocycles. The Morgan fingerprint density at radius 1 is 1.32 bits per heavy atom. The maximum absolute atomic E-state index is 12.6. The smallest absolute Gasteiger partial charge is 0.357 e. The molecular formula is C17H21N3O4S. The Hall–Kier alpha value is -2.45. The number of aryl methyl sites for hydroxylation is 1. The average molecular weight is 363 g/mol. The SMILES string of the molecule is COCCN(Cc1nc(C(=O)OC)cs1)C(=O)Nc1cccc(C)c1. The van der Waals surface area contributed by atoms with Gasteiger partial charge in [-0.3, -0.25) is 0 Å². The molecule has 8 heteroatoms. The molecule has 0 bridgehead atoms. The fraction of sp³-hybridized carbons (Fsp3) is 0.353. The Labute approximate surface area is 150 Å². The summed E-state index contributed by atoms with van der Waals surface area (Å²) in [6.45, 7) is 3.04. The lowest BCUT2D eigenvalue weighted by molar-refractivity contribution is 0.0594. The first-order valence-corrected chi connectivity index (χ1v) is 8.55. The van der Waals surface area contributed by atoms with Gasteiger partial charge in [-0.15, -0.1) is 11.3 Å². The van der Waals surface area contributed by atoms with E-state index in [1.807, 2.05) is 31.2 Å². The first-order chi connectivity index (χ1) is 12.0. The van der Waals surface area contributed by atoms with Gasteiger partial charge in [-0.05, 0) is 24.6 Å². The van der Waals surface area contributed by atoms with Crippen molar-refractivity contribution in [3.8, 4) is 0 Å². The third-order valence-electron chi connectivity index (χ3n) is 3.39. The number of carbonyl (C=O) groups is 2. The Morgan fingerprint density at radius 2 is 2.12 bits per heavy atom. The molecule has 0 atom stereocenters. The summed E-state index contributed by atoms with van der Waals surface area (Å²) in [5, 5.41) is 5.14. The molecule has 0 aliphatic carbocycles. The van der Waals surface area contributed by atoms with Gasteiger partial charge in [0, 0.05) is 24.7 Å². The van der Waals surface area contributed by atoms with E-state index in [2.05, 4.69) is 15.0 Å². The molecule has 134 valence electrons. The largest absolute Gasteiger partial charge is 0.464 e. The van der Waals surface area contributed by atoms with Crippen LogP contribution < -0.4 is 5.32 Å². The molecule has 0 radical (unpaired) electrons. The molecule has 0 saturated carbocycles. The quantitative estimate of drug-likeness (QED) is 0.765. The van der Waals surface area contributed by atoms with Crippen LogP contribution in [0.3, 0.4) is 0 Å². The summed E-state index contributed by atoms with van der Waals surface area (Å²) < 4.78 is 9.73. The number of hydrogen-bond acceptors (Lipinski definition) is 6. The predicted molar refractivity (Wildman–Crippen MR) is 95.9 cm³/mol. The normalized spacial score (nSPS) is 10.4. The molecule has 7 nitrogen and oxygen atoms in total. The molecule has 1 N–H and O–H groups in total. The zero-order valence-electron chi connectivity index (χ0n) is 14.4. The molecule has 0 unspecified atom stereocenters. The standard InChI is InChI=1S/C17H21N3O4S/c1-12-5-4-6-13(9-12)18-17(22)20(7-8-23-2)10-15-19-14(11-25-15)16(21)24-3/h4-6,9,11H,7-8,10H2,1-3H3,(H,18,22). The first kappa shape index (κ1) is 18.9. The number of nitrogens with one attached hydrogen (secondary N) is 1. The van der Waals surface area contributed by atoms with Crippen LogP contribution in [0.25, 0.3) is 0 Å². The van der Waals surface area contributed by atoms with E-state index in [0.29, 0.717) is 18.2 Å². The summed E-state index contributed by atoms with van der Waals surface area (Å²) >= 11 is 1.31. The van der Waals surface area contributed by atoms with Gasteiger partial charge in [0.05, 0.1) is 20.3 Å². The van der Waals surface area contributed by atoms with Gasteiger partial charge in [-0.25, -0.2) is 14.6 Å². The number of benzene rings is 1. The van der Waals surface area contributed by atoms with Crippen molar-refractivity contribution >= 4 is 29.0 Å². The van der Waals surface area contributed by atoms with Gasteiger partial charge in [0.2, 0.25) is 0 Å². The predicted octanol–water partition coefficient (Wildman–Crippen LogP) is 2.92. The van der Waals surface area contributed by atoms with Crippen molar-refractivity contribution in [2.24, 2.45) is 0 Å². The van der Waals surface area contributed by atoms with Crippen LogP contribution in [0.5, 0.6) is 0 Å². The number of carbonyl (C=O) groups excluding carboxylic acids is 2. The summed E-state index contributed by atoms with van der Waals surface area (Å²) in [5.41, 5.74) is 2.03. The summed E-state index contributed by atoms with van der Waals surface area (Å²) in [6, 6.07) is 7.32. The molecule has 2 aromatic rings. The molecule has 0 aliphatic rings. The maximum Gasteiger partial charge on any atom is 0.357 e. The molecule has 2 amide bonds.